The van der Waals surface area contributed by atoms with Crippen LogP contribution in [-0.2, 0) is 10.0 Å². The molecular formula is C9H10ClNO2S. The lowest BCUT2D eigenvalue weighted by Crippen LogP contribution is -2.21. The summed E-state index contributed by atoms with van der Waals surface area (Å²) in [6.07, 6.45) is 0. The van der Waals surface area contributed by atoms with E-state index >= 15 is 0 Å². The Balaban J connectivity index is 2.82. The third kappa shape index (κ3) is 1.11. The zero-order valence-electron chi connectivity index (χ0n) is 7.86. The van der Waals surface area contributed by atoms with Crippen LogP contribution in [0.4, 0.5) is 0 Å². The fraction of sp³-hybridized carbons (Fsp3) is 0.333. The molecule has 14 heavy (non-hydrogen) atoms. The molecule has 0 amide bonds. The summed E-state index contributed by atoms with van der Waals surface area (Å²) in [5, 5.41) is 0.304. The van der Waals surface area contributed by atoms with E-state index in [4.69, 9.17) is 11.6 Å². The van der Waals surface area contributed by atoms with Gasteiger partial charge in [-0.2, -0.15) is 4.31 Å². The zero-order valence-corrected chi connectivity index (χ0v) is 9.43. The number of halogens is 1. The molecule has 0 spiro atoms. The minimum absolute atomic E-state index is 0.131. The van der Waals surface area contributed by atoms with Crippen LogP contribution in [0.1, 0.15) is 18.5 Å². The van der Waals surface area contributed by atoms with E-state index in [0.29, 0.717) is 5.02 Å². The first-order valence-corrected chi connectivity index (χ1v) is 6.04. The maximum absolute atomic E-state index is 11.9. The molecule has 0 fully saturated rings. The standard InChI is InChI=1S/C9H10ClNO2S/c1-6-7-4-3-5-8(10)9(7)14(12,13)11(6)2/h3-6H,1-2H3. The molecule has 0 bridgehead atoms. The smallest absolute Gasteiger partial charge is 0.207 e. The molecule has 0 aromatic heterocycles. The van der Waals surface area contributed by atoms with Crippen LogP contribution in [-0.4, -0.2) is 19.8 Å². The van der Waals surface area contributed by atoms with Crippen LogP contribution >= 0.6 is 11.6 Å². The molecule has 1 aromatic rings. The van der Waals surface area contributed by atoms with Gasteiger partial charge in [0, 0.05) is 13.1 Å². The van der Waals surface area contributed by atoms with Crippen LogP contribution in [0, 0.1) is 0 Å². The van der Waals surface area contributed by atoms with E-state index in [-0.39, 0.29) is 10.9 Å². The SMILES string of the molecule is CC1c2cccc(Cl)c2S(=O)(=O)N1C. The third-order valence-electron chi connectivity index (χ3n) is 2.63. The molecule has 1 aliphatic heterocycles. The summed E-state index contributed by atoms with van der Waals surface area (Å²) in [5.41, 5.74) is 0.778. The van der Waals surface area contributed by atoms with E-state index in [0.717, 1.165) is 5.56 Å². The molecule has 0 saturated carbocycles. The molecule has 5 heteroatoms. The maximum Gasteiger partial charge on any atom is 0.245 e. The molecule has 1 unspecified atom stereocenters. The second-order valence-corrected chi connectivity index (χ2v) is 5.70. The van der Waals surface area contributed by atoms with Crippen molar-refractivity contribution in [3.63, 3.8) is 0 Å². The van der Waals surface area contributed by atoms with Gasteiger partial charge in [-0.3, -0.25) is 0 Å². The Morgan fingerprint density at radius 3 is 2.64 bits per heavy atom. The van der Waals surface area contributed by atoms with Gasteiger partial charge in [0.1, 0.15) is 4.90 Å². The molecule has 0 N–H and O–H groups in total. The topological polar surface area (TPSA) is 37.4 Å². The van der Waals surface area contributed by atoms with Crippen molar-refractivity contribution in [2.75, 3.05) is 7.05 Å². The van der Waals surface area contributed by atoms with E-state index in [1.807, 2.05) is 6.92 Å². The molecule has 1 atom stereocenters. The number of nitrogens with zero attached hydrogens (tertiary/aromatic N) is 1. The van der Waals surface area contributed by atoms with Gasteiger partial charge in [-0.15, -0.1) is 0 Å². The summed E-state index contributed by atoms with van der Waals surface area (Å²) in [6.45, 7) is 1.85. The highest BCUT2D eigenvalue weighted by Gasteiger charge is 2.38. The maximum atomic E-state index is 11.9. The number of benzene rings is 1. The van der Waals surface area contributed by atoms with Crippen molar-refractivity contribution in [2.24, 2.45) is 0 Å². The van der Waals surface area contributed by atoms with Crippen LogP contribution in [0.15, 0.2) is 23.1 Å². The van der Waals surface area contributed by atoms with Crippen LogP contribution in [0.2, 0.25) is 5.02 Å². The average molecular weight is 232 g/mol. The van der Waals surface area contributed by atoms with Gasteiger partial charge in [-0.25, -0.2) is 8.42 Å². The lowest BCUT2D eigenvalue weighted by atomic mass is 10.1. The van der Waals surface area contributed by atoms with Gasteiger partial charge in [0.15, 0.2) is 0 Å². The van der Waals surface area contributed by atoms with Crippen molar-refractivity contribution in [2.45, 2.75) is 17.9 Å². The predicted octanol–water partition coefficient (Wildman–Crippen LogP) is 2.04. The van der Waals surface area contributed by atoms with E-state index < -0.39 is 10.0 Å². The van der Waals surface area contributed by atoms with Gasteiger partial charge in [0.2, 0.25) is 10.0 Å². The highest BCUT2D eigenvalue weighted by molar-refractivity contribution is 7.89. The van der Waals surface area contributed by atoms with Crippen molar-refractivity contribution in [1.29, 1.82) is 0 Å². The molecule has 1 aromatic carbocycles. The minimum Gasteiger partial charge on any atom is -0.207 e. The normalized spacial score (nSPS) is 24.9. The summed E-state index contributed by atoms with van der Waals surface area (Å²) >= 11 is 5.88. The van der Waals surface area contributed by atoms with Crippen LogP contribution in [0.25, 0.3) is 0 Å². The van der Waals surface area contributed by atoms with Gasteiger partial charge in [-0.1, -0.05) is 23.7 Å². The molecule has 1 aliphatic rings. The first kappa shape index (κ1) is 9.96. The zero-order chi connectivity index (χ0) is 10.5. The summed E-state index contributed by atoms with van der Waals surface area (Å²) in [5.74, 6) is 0. The quantitative estimate of drug-likeness (QED) is 0.685. The van der Waals surface area contributed by atoms with Crippen molar-refractivity contribution >= 4 is 21.6 Å². The van der Waals surface area contributed by atoms with Gasteiger partial charge in [0.25, 0.3) is 0 Å². The van der Waals surface area contributed by atoms with E-state index in [1.54, 1.807) is 25.2 Å². The fourth-order valence-electron chi connectivity index (χ4n) is 1.67. The predicted molar refractivity (Wildman–Crippen MR) is 54.8 cm³/mol. The van der Waals surface area contributed by atoms with Crippen LogP contribution < -0.4 is 0 Å². The fourth-order valence-corrected chi connectivity index (χ4v) is 3.82. The molecular weight excluding hydrogens is 222 g/mol. The number of fused-ring (bicyclic) bond motifs is 1. The van der Waals surface area contributed by atoms with E-state index in [1.165, 1.54) is 4.31 Å². The first-order valence-electron chi connectivity index (χ1n) is 4.22. The Labute approximate surface area is 88.3 Å². The van der Waals surface area contributed by atoms with Crippen molar-refractivity contribution in [1.82, 2.24) is 4.31 Å². The molecule has 3 nitrogen and oxygen atoms in total. The average Bonchev–Trinajstić information content (AvgIpc) is 2.29. The van der Waals surface area contributed by atoms with Crippen LogP contribution in [0.5, 0.6) is 0 Å². The van der Waals surface area contributed by atoms with Gasteiger partial charge in [-0.05, 0) is 18.6 Å². The number of rotatable bonds is 0. The molecule has 0 saturated heterocycles. The monoisotopic (exact) mass is 231 g/mol. The van der Waals surface area contributed by atoms with Gasteiger partial charge < -0.3 is 0 Å². The van der Waals surface area contributed by atoms with Crippen LogP contribution in [0.3, 0.4) is 0 Å². The summed E-state index contributed by atoms with van der Waals surface area (Å²) in [4.78, 5) is 0.261. The lowest BCUT2D eigenvalue weighted by Gasteiger charge is -2.12. The number of sulfonamides is 1. The first-order chi connectivity index (χ1) is 6.46. The molecule has 76 valence electrons. The van der Waals surface area contributed by atoms with Gasteiger partial charge >= 0.3 is 0 Å². The van der Waals surface area contributed by atoms with Gasteiger partial charge in [0.05, 0.1) is 5.02 Å². The number of hydrogen-bond donors (Lipinski definition) is 0. The van der Waals surface area contributed by atoms with Crippen molar-refractivity contribution < 1.29 is 8.42 Å². The Hall–Kier alpha value is -0.580. The highest BCUT2D eigenvalue weighted by Crippen LogP contribution is 2.41. The molecule has 0 aliphatic carbocycles. The summed E-state index contributed by atoms with van der Waals surface area (Å²) in [7, 11) is -1.80. The third-order valence-corrected chi connectivity index (χ3v) is 5.10. The Morgan fingerprint density at radius 2 is 2.07 bits per heavy atom. The number of hydrogen-bond acceptors (Lipinski definition) is 2. The lowest BCUT2D eigenvalue weighted by molar-refractivity contribution is 0.420. The summed E-state index contributed by atoms with van der Waals surface area (Å²) in [6, 6.07) is 5.04. The minimum atomic E-state index is -3.36. The van der Waals surface area contributed by atoms with E-state index in [2.05, 4.69) is 0 Å². The largest absolute Gasteiger partial charge is 0.245 e. The second kappa shape index (κ2) is 2.95. The molecule has 1 heterocycles. The molecule has 0 radical (unpaired) electrons. The molecule has 2 rings (SSSR count). The van der Waals surface area contributed by atoms with Crippen molar-refractivity contribution in [3.05, 3.63) is 28.8 Å². The Morgan fingerprint density at radius 1 is 1.43 bits per heavy atom. The van der Waals surface area contributed by atoms with Crippen molar-refractivity contribution in [3.8, 4) is 0 Å². The highest BCUT2D eigenvalue weighted by atomic mass is 35.5. The van der Waals surface area contributed by atoms with E-state index in [9.17, 15) is 8.42 Å². The Bertz CT molecular complexity index is 484. The second-order valence-electron chi connectivity index (χ2n) is 3.36. The summed E-state index contributed by atoms with van der Waals surface area (Å²) < 4.78 is 25.1. The Kier molecular flexibility index (Phi) is 2.10.